The Kier molecular flexibility index (Phi) is 6.57. The molecule has 0 fully saturated rings. The molecule has 0 N–H and O–H groups in total. The minimum atomic E-state index is -0.473. The van der Waals surface area contributed by atoms with E-state index in [1.165, 1.54) is 0 Å². The molecule has 0 bridgehead atoms. The summed E-state index contributed by atoms with van der Waals surface area (Å²) >= 11 is 0. The van der Waals surface area contributed by atoms with Gasteiger partial charge in [-0.1, -0.05) is 6.92 Å². The first-order valence-corrected chi connectivity index (χ1v) is 8.25. The zero-order valence-corrected chi connectivity index (χ0v) is 14.7. The van der Waals surface area contributed by atoms with Crippen molar-refractivity contribution in [2.45, 2.75) is 33.3 Å². The third-order valence-electron chi connectivity index (χ3n) is 3.21. The van der Waals surface area contributed by atoms with Gasteiger partial charge in [0.2, 0.25) is 0 Å². The quantitative estimate of drug-likeness (QED) is 0.556. The highest BCUT2D eigenvalue weighted by atomic mass is 16.5. The van der Waals surface area contributed by atoms with Gasteiger partial charge in [-0.25, -0.2) is 9.59 Å². The maximum Gasteiger partial charge on any atom is 0.343 e. The number of benzene rings is 2. The fourth-order valence-corrected chi connectivity index (χ4v) is 2.01. The Balaban J connectivity index is 1.97. The smallest absolute Gasteiger partial charge is 0.343 e. The van der Waals surface area contributed by atoms with Crippen molar-refractivity contribution in [2.75, 3.05) is 6.61 Å². The van der Waals surface area contributed by atoms with Crippen LogP contribution in [0, 0.1) is 0 Å². The van der Waals surface area contributed by atoms with Crippen LogP contribution >= 0.6 is 0 Å². The second-order valence-corrected chi connectivity index (χ2v) is 5.74. The van der Waals surface area contributed by atoms with Gasteiger partial charge in [-0.05, 0) is 68.8 Å². The monoisotopic (exact) mass is 342 g/mol. The topological polar surface area (TPSA) is 61.8 Å². The molecule has 25 heavy (non-hydrogen) atoms. The number of hydrogen-bond donors (Lipinski definition) is 0. The molecule has 0 saturated heterocycles. The normalized spacial score (nSPS) is 10.4. The van der Waals surface area contributed by atoms with Crippen LogP contribution in [0.3, 0.4) is 0 Å². The highest BCUT2D eigenvalue weighted by Gasteiger charge is 2.12. The van der Waals surface area contributed by atoms with Crippen molar-refractivity contribution in [1.82, 2.24) is 0 Å². The SMILES string of the molecule is CCCOc1ccc(C(=O)Oc2ccc(C(=O)OC(C)C)cc2)cc1. The average molecular weight is 342 g/mol. The summed E-state index contributed by atoms with van der Waals surface area (Å²) < 4.78 is 15.9. The molecule has 2 aromatic rings. The van der Waals surface area contributed by atoms with Gasteiger partial charge in [-0.15, -0.1) is 0 Å². The Bertz CT molecular complexity index is 702. The van der Waals surface area contributed by atoms with Crippen LogP contribution < -0.4 is 9.47 Å². The van der Waals surface area contributed by atoms with Gasteiger partial charge in [0.1, 0.15) is 11.5 Å². The molecule has 2 aromatic carbocycles. The molecule has 0 saturated carbocycles. The van der Waals surface area contributed by atoms with Gasteiger partial charge in [0, 0.05) is 0 Å². The lowest BCUT2D eigenvalue weighted by Crippen LogP contribution is -2.12. The lowest BCUT2D eigenvalue weighted by molar-refractivity contribution is 0.0378. The molecule has 0 aliphatic rings. The molecule has 0 unspecified atom stereocenters. The van der Waals surface area contributed by atoms with Gasteiger partial charge >= 0.3 is 11.9 Å². The Morgan fingerprint density at radius 2 is 1.36 bits per heavy atom. The predicted molar refractivity (Wildman–Crippen MR) is 94.2 cm³/mol. The van der Waals surface area contributed by atoms with Gasteiger partial charge in [0.25, 0.3) is 0 Å². The number of esters is 2. The summed E-state index contributed by atoms with van der Waals surface area (Å²) in [5, 5.41) is 0. The first-order valence-electron chi connectivity index (χ1n) is 8.25. The van der Waals surface area contributed by atoms with Crippen molar-refractivity contribution < 1.29 is 23.8 Å². The second kappa shape index (κ2) is 8.87. The minimum absolute atomic E-state index is 0.186. The molecule has 2 rings (SSSR count). The maximum absolute atomic E-state index is 12.1. The Morgan fingerprint density at radius 1 is 0.840 bits per heavy atom. The summed E-state index contributed by atoms with van der Waals surface area (Å²) in [4.78, 5) is 23.9. The van der Waals surface area contributed by atoms with Crippen LogP contribution in [-0.4, -0.2) is 24.6 Å². The number of ether oxygens (including phenoxy) is 3. The zero-order valence-electron chi connectivity index (χ0n) is 14.7. The standard InChI is InChI=1S/C20H22O5/c1-4-13-23-17-9-5-16(6-10-17)20(22)25-18-11-7-15(8-12-18)19(21)24-14(2)3/h5-12,14H,4,13H2,1-3H3. The van der Waals surface area contributed by atoms with E-state index in [2.05, 4.69) is 0 Å². The molecule has 0 atom stereocenters. The molecule has 5 heteroatoms. The summed E-state index contributed by atoms with van der Waals surface area (Å²) in [6.45, 7) is 6.23. The van der Waals surface area contributed by atoms with Crippen molar-refractivity contribution >= 4 is 11.9 Å². The Hall–Kier alpha value is -2.82. The summed E-state index contributed by atoms with van der Waals surface area (Å²) in [7, 11) is 0. The van der Waals surface area contributed by atoms with E-state index in [1.54, 1.807) is 62.4 Å². The first kappa shape index (κ1) is 18.5. The van der Waals surface area contributed by atoms with E-state index in [9.17, 15) is 9.59 Å². The first-order chi connectivity index (χ1) is 12.0. The van der Waals surface area contributed by atoms with Crippen LogP contribution in [0.1, 0.15) is 47.9 Å². The Morgan fingerprint density at radius 3 is 1.88 bits per heavy atom. The van der Waals surface area contributed by atoms with Crippen LogP contribution in [-0.2, 0) is 4.74 Å². The third kappa shape index (κ3) is 5.64. The molecular weight excluding hydrogens is 320 g/mol. The highest BCUT2D eigenvalue weighted by Crippen LogP contribution is 2.17. The Labute approximate surface area is 147 Å². The number of rotatable bonds is 7. The van der Waals surface area contributed by atoms with Crippen molar-refractivity contribution in [3.8, 4) is 11.5 Å². The fraction of sp³-hybridized carbons (Fsp3) is 0.300. The maximum atomic E-state index is 12.1. The summed E-state index contributed by atoms with van der Waals surface area (Å²) in [6, 6.07) is 13.0. The molecule has 0 radical (unpaired) electrons. The summed E-state index contributed by atoms with van der Waals surface area (Å²) in [5.74, 6) is 0.193. The molecule has 0 heterocycles. The van der Waals surface area contributed by atoms with Crippen molar-refractivity contribution in [3.05, 3.63) is 59.7 Å². The molecule has 0 aromatic heterocycles. The van der Waals surface area contributed by atoms with Crippen molar-refractivity contribution in [2.24, 2.45) is 0 Å². The van der Waals surface area contributed by atoms with Crippen LogP contribution in [0.25, 0.3) is 0 Å². The van der Waals surface area contributed by atoms with E-state index in [4.69, 9.17) is 14.2 Å². The summed E-state index contributed by atoms with van der Waals surface area (Å²) in [5.41, 5.74) is 0.832. The lowest BCUT2D eigenvalue weighted by atomic mass is 10.2. The van der Waals surface area contributed by atoms with E-state index >= 15 is 0 Å². The predicted octanol–water partition coefficient (Wildman–Crippen LogP) is 4.26. The van der Waals surface area contributed by atoms with Gasteiger partial charge in [0.15, 0.2) is 0 Å². The van der Waals surface area contributed by atoms with Gasteiger partial charge < -0.3 is 14.2 Å². The zero-order chi connectivity index (χ0) is 18.2. The van der Waals surface area contributed by atoms with Crippen LogP contribution in [0.5, 0.6) is 11.5 Å². The largest absolute Gasteiger partial charge is 0.494 e. The van der Waals surface area contributed by atoms with Crippen LogP contribution in [0.2, 0.25) is 0 Å². The van der Waals surface area contributed by atoms with Crippen molar-refractivity contribution in [1.29, 1.82) is 0 Å². The van der Waals surface area contributed by atoms with Crippen molar-refractivity contribution in [3.63, 3.8) is 0 Å². The molecule has 0 aliphatic carbocycles. The van der Waals surface area contributed by atoms with Gasteiger partial charge in [0.05, 0.1) is 23.8 Å². The lowest BCUT2D eigenvalue weighted by Gasteiger charge is -2.09. The van der Waals surface area contributed by atoms with E-state index in [0.717, 1.165) is 6.42 Å². The van der Waals surface area contributed by atoms with Crippen LogP contribution in [0.15, 0.2) is 48.5 Å². The number of carbonyl (C=O) groups excluding carboxylic acids is 2. The van der Waals surface area contributed by atoms with Gasteiger partial charge in [-0.2, -0.15) is 0 Å². The van der Waals surface area contributed by atoms with E-state index in [0.29, 0.717) is 29.2 Å². The van der Waals surface area contributed by atoms with E-state index < -0.39 is 11.9 Å². The van der Waals surface area contributed by atoms with Gasteiger partial charge in [-0.3, -0.25) is 0 Å². The molecular formula is C20H22O5. The van der Waals surface area contributed by atoms with E-state index in [1.807, 2.05) is 6.92 Å². The number of carbonyl (C=O) groups is 2. The second-order valence-electron chi connectivity index (χ2n) is 5.74. The summed E-state index contributed by atoms with van der Waals surface area (Å²) in [6.07, 6.45) is 0.735. The molecule has 132 valence electrons. The molecule has 0 aliphatic heterocycles. The van der Waals surface area contributed by atoms with E-state index in [-0.39, 0.29) is 6.10 Å². The fourth-order valence-electron chi connectivity index (χ4n) is 2.01. The third-order valence-corrected chi connectivity index (χ3v) is 3.21. The molecule has 5 nitrogen and oxygen atoms in total. The average Bonchev–Trinajstić information content (AvgIpc) is 2.60. The number of hydrogen-bond acceptors (Lipinski definition) is 5. The minimum Gasteiger partial charge on any atom is -0.494 e. The molecule has 0 spiro atoms. The highest BCUT2D eigenvalue weighted by molar-refractivity contribution is 5.92. The van der Waals surface area contributed by atoms with Crippen LogP contribution in [0.4, 0.5) is 0 Å². The molecule has 0 amide bonds.